The van der Waals surface area contributed by atoms with Crippen LogP contribution >= 0.6 is 0 Å². The first-order valence-electron chi connectivity index (χ1n) is 3.93. The number of hydrogen-bond acceptors (Lipinski definition) is 2. The van der Waals surface area contributed by atoms with E-state index in [-0.39, 0.29) is 12.7 Å². The lowest BCUT2D eigenvalue weighted by Crippen LogP contribution is -2.24. The molecule has 0 aromatic heterocycles. The summed E-state index contributed by atoms with van der Waals surface area (Å²) in [5.74, 6) is 0.315. The van der Waals surface area contributed by atoms with Crippen molar-refractivity contribution in [1.82, 2.24) is 0 Å². The molecule has 0 saturated heterocycles. The molecule has 10 heavy (non-hydrogen) atoms. The molecule has 0 aromatic carbocycles. The summed E-state index contributed by atoms with van der Waals surface area (Å²) in [6, 6.07) is 0. The van der Waals surface area contributed by atoms with Gasteiger partial charge in [-0.2, -0.15) is 0 Å². The average Bonchev–Trinajstić information content (AvgIpc) is 2.00. The van der Waals surface area contributed by atoms with E-state index in [4.69, 9.17) is 9.84 Å². The highest BCUT2D eigenvalue weighted by Crippen LogP contribution is 2.13. The van der Waals surface area contributed by atoms with Crippen molar-refractivity contribution in [1.29, 1.82) is 0 Å². The van der Waals surface area contributed by atoms with Gasteiger partial charge in [0.1, 0.15) is 0 Å². The van der Waals surface area contributed by atoms with Gasteiger partial charge < -0.3 is 9.84 Å². The van der Waals surface area contributed by atoms with Crippen molar-refractivity contribution in [3.63, 3.8) is 0 Å². The van der Waals surface area contributed by atoms with Gasteiger partial charge in [-0.05, 0) is 12.8 Å². The molecule has 0 spiro atoms. The van der Waals surface area contributed by atoms with Gasteiger partial charge in [0.2, 0.25) is 0 Å². The highest BCUT2D eigenvalue weighted by molar-refractivity contribution is 4.65. The van der Waals surface area contributed by atoms with Gasteiger partial charge in [-0.15, -0.1) is 0 Å². The van der Waals surface area contributed by atoms with Crippen molar-refractivity contribution in [2.45, 2.75) is 32.8 Å². The molecule has 2 heteroatoms. The Balaban J connectivity index is 3.70. The van der Waals surface area contributed by atoms with Gasteiger partial charge in [0, 0.05) is 19.6 Å². The molecule has 0 aliphatic heterocycles. The predicted molar refractivity (Wildman–Crippen MR) is 42.0 cm³/mol. The van der Waals surface area contributed by atoms with E-state index in [1.54, 1.807) is 7.11 Å². The molecule has 0 saturated carbocycles. The van der Waals surface area contributed by atoms with Crippen molar-refractivity contribution in [3.05, 3.63) is 0 Å². The van der Waals surface area contributed by atoms with Crippen LogP contribution in [-0.4, -0.2) is 24.9 Å². The summed E-state index contributed by atoms with van der Waals surface area (Å²) in [4.78, 5) is 0. The molecule has 0 bridgehead atoms. The Kier molecular flexibility index (Phi) is 5.64. The minimum Gasteiger partial charge on any atom is -0.396 e. The normalized spacial score (nSPS) is 16.8. The number of methoxy groups -OCH3 is 1. The molecule has 0 aromatic rings. The summed E-state index contributed by atoms with van der Waals surface area (Å²) < 4.78 is 5.18. The molecule has 2 unspecified atom stereocenters. The third-order valence-corrected chi connectivity index (χ3v) is 1.99. The molecule has 62 valence electrons. The average molecular weight is 146 g/mol. The van der Waals surface area contributed by atoms with Gasteiger partial charge in [0.05, 0.1) is 6.10 Å². The maximum atomic E-state index is 8.88. The van der Waals surface area contributed by atoms with Crippen LogP contribution in [0.1, 0.15) is 26.7 Å². The molecule has 0 rings (SSSR count). The van der Waals surface area contributed by atoms with Gasteiger partial charge in [0.15, 0.2) is 0 Å². The third kappa shape index (κ3) is 2.67. The largest absolute Gasteiger partial charge is 0.396 e. The summed E-state index contributed by atoms with van der Waals surface area (Å²) in [6.07, 6.45) is 2.20. The van der Waals surface area contributed by atoms with Crippen molar-refractivity contribution >= 4 is 0 Å². The molecule has 2 atom stereocenters. The maximum Gasteiger partial charge on any atom is 0.0618 e. The predicted octanol–water partition coefficient (Wildman–Crippen LogP) is 1.43. The van der Waals surface area contributed by atoms with Crippen molar-refractivity contribution in [2.24, 2.45) is 5.92 Å². The van der Waals surface area contributed by atoms with Gasteiger partial charge in [0.25, 0.3) is 0 Å². The van der Waals surface area contributed by atoms with Crippen molar-refractivity contribution < 1.29 is 9.84 Å². The van der Waals surface area contributed by atoms with Gasteiger partial charge >= 0.3 is 0 Å². The molecular formula is C8H18O2. The Labute approximate surface area is 63.2 Å². The summed E-state index contributed by atoms with van der Waals surface area (Å²) in [6.45, 7) is 4.39. The summed E-state index contributed by atoms with van der Waals surface area (Å²) in [5.41, 5.74) is 0. The smallest absolute Gasteiger partial charge is 0.0618 e. The summed E-state index contributed by atoms with van der Waals surface area (Å²) in [7, 11) is 1.70. The van der Waals surface area contributed by atoms with Crippen LogP contribution in [-0.2, 0) is 4.74 Å². The molecule has 2 nitrogen and oxygen atoms in total. The SMILES string of the molecule is CCC(CO)C(CC)OC. The zero-order chi connectivity index (χ0) is 7.98. The van der Waals surface area contributed by atoms with E-state index in [9.17, 15) is 0 Å². The molecule has 0 amide bonds. The number of aliphatic hydroxyl groups is 1. The molecule has 0 aliphatic rings. The zero-order valence-electron chi connectivity index (χ0n) is 7.13. The second-order valence-electron chi connectivity index (χ2n) is 2.53. The number of aliphatic hydroxyl groups excluding tert-OH is 1. The monoisotopic (exact) mass is 146 g/mol. The quantitative estimate of drug-likeness (QED) is 0.635. The minimum atomic E-state index is 0.231. The Morgan fingerprint density at radius 2 is 1.90 bits per heavy atom. The third-order valence-electron chi connectivity index (χ3n) is 1.99. The van der Waals surface area contributed by atoms with Gasteiger partial charge in [-0.1, -0.05) is 13.8 Å². The minimum absolute atomic E-state index is 0.231. The van der Waals surface area contributed by atoms with Gasteiger partial charge in [-0.3, -0.25) is 0 Å². The molecular weight excluding hydrogens is 128 g/mol. The van der Waals surface area contributed by atoms with Crippen molar-refractivity contribution in [3.8, 4) is 0 Å². The molecule has 0 radical (unpaired) electrons. The maximum absolute atomic E-state index is 8.88. The van der Waals surface area contributed by atoms with E-state index in [0.29, 0.717) is 5.92 Å². The highest BCUT2D eigenvalue weighted by Gasteiger charge is 2.15. The lowest BCUT2D eigenvalue weighted by atomic mass is 9.99. The lowest BCUT2D eigenvalue weighted by Gasteiger charge is -2.21. The Hall–Kier alpha value is -0.0800. The van der Waals surface area contributed by atoms with E-state index in [0.717, 1.165) is 12.8 Å². The van der Waals surface area contributed by atoms with Crippen LogP contribution in [0.4, 0.5) is 0 Å². The summed E-state index contributed by atoms with van der Waals surface area (Å²) >= 11 is 0. The van der Waals surface area contributed by atoms with Crippen LogP contribution < -0.4 is 0 Å². The number of hydrogen-bond donors (Lipinski definition) is 1. The highest BCUT2D eigenvalue weighted by atomic mass is 16.5. The Bertz CT molecular complexity index is 55.7. The van der Waals surface area contributed by atoms with E-state index in [2.05, 4.69) is 13.8 Å². The Morgan fingerprint density at radius 3 is 2.00 bits per heavy atom. The van der Waals surface area contributed by atoms with Crippen LogP contribution in [0.3, 0.4) is 0 Å². The lowest BCUT2D eigenvalue weighted by molar-refractivity contribution is 0.0223. The molecule has 1 N–H and O–H groups in total. The zero-order valence-corrected chi connectivity index (χ0v) is 7.13. The molecule has 0 fully saturated rings. The van der Waals surface area contributed by atoms with Crippen LogP contribution in [0.25, 0.3) is 0 Å². The topological polar surface area (TPSA) is 29.5 Å². The van der Waals surface area contributed by atoms with E-state index >= 15 is 0 Å². The first kappa shape index (κ1) is 9.92. The fourth-order valence-electron chi connectivity index (χ4n) is 1.20. The van der Waals surface area contributed by atoms with E-state index < -0.39 is 0 Å². The van der Waals surface area contributed by atoms with E-state index in [1.165, 1.54) is 0 Å². The standard InChI is InChI=1S/C8H18O2/c1-4-7(6-9)8(5-2)10-3/h7-9H,4-6H2,1-3H3. The van der Waals surface area contributed by atoms with Crippen molar-refractivity contribution in [2.75, 3.05) is 13.7 Å². The number of ether oxygens (including phenoxy) is 1. The molecule has 0 aliphatic carbocycles. The fraction of sp³-hybridized carbons (Fsp3) is 1.00. The first-order chi connectivity index (χ1) is 4.79. The molecule has 0 heterocycles. The first-order valence-corrected chi connectivity index (χ1v) is 3.93. The number of rotatable bonds is 5. The van der Waals surface area contributed by atoms with Crippen LogP contribution in [0, 0.1) is 5.92 Å². The second kappa shape index (κ2) is 5.69. The fourth-order valence-corrected chi connectivity index (χ4v) is 1.20. The Morgan fingerprint density at radius 1 is 1.30 bits per heavy atom. The van der Waals surface area contributed by atoms with E-state index in [1.807, 2.05) is 0 Å². The van der Waals surface area contributed by atoms with Gasteiger partial charge in [-0.25, -0.2) is 0 Å². The van der Waals surface area contributed by atoms with Crippen LogP contribution in [0.15, 0.2) is 0 Å². The van der Waals surface area contributed by atoms with Crippen LogP contribution in [0.2, 0.25) is 0 Å². The summed E-state index contributed by atoms with van der Waals surface area (Å²) in [5, 5.41) is 8.88. The van der Waals surface area contributed by atoms with Crippen LogP contribution in [0.5, 0.6) is 0 Å². The second-order valence-corrected chi connectivity index (χ2v) is 2.53.